The van der Waals surface area contributed by atoms with Gasteiger partial charge in [-0.25, -0.2) is 4.79 Å². The van der Waals surface area contributed by atoms with Crippen LogP contribution in [0.25, 0.3) is 11.1 Å². The number of carbonyl (C=O) groups excluding carboxylic acids is 1. The third-order valence-electron chi connectivity index (χ3n) is 4.09. The number of nitrogens with one attached hydrogen (secondary N) is 2. The number of ether oxygens (including phenoxy) is 1. The molecule has 0 unspecified atom stereocenters. The molecule has 2 aromatic rings. The molecule has 1 saturated carbocycles. The van der Waals surface area contributed by atoms with Crippen LogP contribution in [-0.2, 0) is 0 Å². The molecule has 5 heteroatoms. The van der Waals surface area contributed by atoms with Gasteiger partial charge in [-0.2, -0.15) is 0 Å². The van der Waals surface area contributed by atoms with E-state index in [-0.39, 0.29) is 6.03 Å². The fourth-order valence-electron chi connectivity index (χ4n) is 2.58. The monoisotopic (exact) mass is 388 g/mol. The number of rotatable bonds is 5. The van der Waals surface area contributed by atoms with E-state index in [1.807, 2.05) is 43.3 Å². The highest BCUT2D eigenvalue weighted by atomic mass is 79.9. The first-order chi connectivity index (χ1) is 11.7. The van der Waals surface area contributed by atoms with Crippen LogP contribution in [0.4, 0.5) is 10.5 Å². The molecule has 126 valence electrons. The molecule has 0 spiro atoms. The molecule has 2 N–H and O–H groups in total. The molecule has 0 aliphatic heterocycles. The van der Waals surface area contributed by atoms with E-state index in [2.05, 4.69) is 32.6 Å². The largest absolute Gasteiger partial charge is 0.489 e. The third kappa shape index (κ3) is 3.90. The van der Waals surface area contributed by atoms with E-state index >= 15 is 0 Å². The van der Waals surface area contributed by atoms with Gasteiger partial charge in [0.05, 0.1) is 10.6 Å². The van der Waals surface area contributed by atoms with Gasteiger partial charge in [-0.3, -0.25) is 0 Å². The minimum absolute atomic E-state index is 0.193. The zero-order chi connectivity index (χ0) is 16.9. The summed E-state index contributed by atoms with van der Waals surface area (Å²) in [6.07, 6.45) is 3.80. The van der Waals surface area contributed by atoms with E-state index in [4.69, 9.17) is 4.74 Å². The van der Waals surface area contributed by atoms with Crippen molar-refractivity contribution in [2.24, 2.45) is 0 Å². The van der Waals surface area contributed by atoms with Crippen LogP contribution in [0.3, 0.4) is 0 Å². The molecule has 24 heavy (non-hydrogen) atoms. The van der Waals surface area contributed by atoms with Crippen molar-refractivity contribution < 1.29 is 9.53 Å². The maximum atomic E-state index is 11.6. The molecule has 0 bridgehead atoms. The molecule has 2 aromatic carbocycles. The number of anilines is 1. The average Bonchev–Trinajstić information content (AvgIpc) is 2.53. The summed E-state index contributed by atoms with van der Waals surface area (Å²) in [6.45, 7) is 2.49. The van der Waals surface area contributed by atoms with Crippen molar-refractivity contribution in [3.8, 4) is 16.9 Å². The predicted octanol–water partition coefficient (Wildman–Crippen LogP) is 5.19. The Morgan fingerprint density at radius 2 is 1.96 bits per heavy atom. The highest BCUT2D eigenvalue weighted by Gasteiger charge is 2.22. The summed E-state index contributed by atoms with van der Waals surface area (Å²) in [5, 5.41) is 5.52. The van der Waals surface area contributed by atoms with Gasteiger partial charge in [-0.1, -0.05) is 24.3 Å². The molecule has 4 nitrogen and oxygen atoms in total. The van der Waals surface area contributed by atoms with Crippen LogP contribution >= 0.6 is 15.9 Å². The standard InChI is InChI=1S/C19H21BrN2O2/c1-2-21-19(23)22-14-11-9-13(10-12-14)16-7-4-8-17(20)18(16)24-15-5-3-6-15/h4,7-12,15H,2-3,5-6H2,1H3,(H2,21,22,23). The van der Waals surface area contributed by atoms with E-state index in [0.29, 0.717) is 12.6 Å². The number of hydrogen-bond acceptors (Lipinski definition) is 2. The topological polar surface area (TPSA) is 50.4 Å². The van der Waals surface area contributed by atoms with Gasteiger partial charge < -0.3 is 15.4 Å². The molecule has 1 aliphatic carbocycles. The first-order valence-corrected chi connectivity index (χ1v) is 9.07. The van der Waals surface area contributed by atoms with Gasteiger partial charge >= 0.3 is 6.03 Å². The molecule has 2 amide bonds. The van der Waals surface area contributed by atoms with Crippen molar-refractivity contribution >= 4 is 27.6 Å². The Morgan fingerprint density at radius 3 is 2.58 bits per heavy atom. The van der Waals surface area contributed by atoms with Crippen LogP contribution in [0.2, 0.25) is 0 Å². The molecule has 0 saturated heterocycles. The number of para-hydroxylation sites is 1. The predicted molar refractivity (Wildman–Crippen MR) is 101 cm³/mol. The van der Waals surface area contributed by atoms with E-state index < -0.39 is 0 Å². The Hall–Kier alpha value is -2.01. The number of halogens is 1. The van der Waals surface area contributed by atoms with Crippen LogP contribution < -0.4 is 15.4 Å². The zero-order valence-electron chi connectivity index (χ0n) is 13.6. The Kier molecular flexibility index (Phi) is 5.41. The van der Waals surface area contributed by atoms with Gasteiger partial charge in [-0.05, 0) is 65.9 Å². The quantitative estimate of drug-likeness (QED) is 0.740. The number of benzene rings is 2. The summed E-state index contributed by atoms with van der Waals surface area (Å²) >= 11 is 3.60. The lowest BCUT2D eigenvalue weighted by atomic mass is 9.96. The lowest BCUT2D eigenvalue weighted by molar-refractivity contribution is 0.120. The molecule has 0 heterocycles. The van der Waals surface area contributed by atoms with E-state index in [1.54, 1.807) is 0 Å². The van der Waals surface area contributed by atoms with Gasteiger partial charge in [0, 0.05) is 17.8 Å². The zero-order valence-corrected chi connectivity index (χ0v) is 15.2. The molecule has 0 atom stereocenters. The van der Waals surface area contributed by atoms with Crippen LogP contribution in [-0.4, -0.2) is 18.7 Å². The van der Waals surface area contributed by atoms with Crippen molar-refractivity contribution in [1.82, 2.24) is 5.32 Å². The van der Waals surface area contributed by atoms with Crippen molar-refractivity contribution in [2.75, 3.05) is 11.9 Å². The number of urea groups is 1. The van der Waals surface area contributed by atoms with Gasteiger partial charge in [0.1, 0.15) is 5.75 Å². The highest BCUT2D eigenvalue weighted by Crippen LogP contribution is 2.39. The average molecular weight is 389 g/mol. The fraction of sp³-hybridized carbons (Fsp3) is 0.316. The number of hydrogen-bond donors (Lipinski definition) is 2. The summed E-state index contributed by atoms with van der Waals surface area (Å²) in [5.41, 5.74) is 2.88. The molecule has 0 radical (unpaired) electrons. The van der Waals surface area contributed by atoms with Crippen molar-refractivity contribution in [3.63, 3.8) is 0 Å². The smallest absolute Gasteiger partial charge is 0.319 e. The van der Waals surface area contributed by atoms with Crippen molar-refractivity contribution in [2.45, 2.75) is 32.3 Å². The summed E-state index contributed by atoms with van der Waals surface area (Å²) < 4.78 is 7.14. The maximum Gasteiger partial charge on any atom is 0.319 e. The van der Waals surface area contributed by atoms with Crippen molar-refractivity contribution in [3.05, 3.63) is 46.9 Å². The number of amides is 2. The second-order valence-corrected chi connectivity index (χ2v) is 6.70. The first-order valence-electron chi connectivity index (χ1n) is 8.28. The highest BCUT2D eigenvalue weighted by molar-refractivity contribution is 9.10. The van der Waals surface area contributed by atoms with E-state index in [9.17, 15) is 4.79 Å². The molecular formula is C19H21BrN2O2. The molecule has 0 aromatic heterocycles. The Bertz CT molecular complexity index is 712. The summed E-state index contributed by atoms with van der Waals surface area (Å²) in [4.78, 5) is 11.6. The lowest BCUT2D eigenvalue weighted by Crippen LogP contribution is -2.28. The molecule has 3 rings (SSSR count). The first kappa shape index (κ1) is 16.8. The summed E-state index contributed by atoms with van der Waals surface area (Å²) in [6, 6.07) is 13.7. The summed E-state index contributed by atoms with van der Waals surface area (Å²) in [7, 11) is 0. The normalized spacial score (nSPS) is 13.9. The molecular weight excluding hydrogens is 368 g/mol. The van der Waals surface area contributed by atoms with Gasteiger partial charge in [0.15, 0.2) is 0 Å². The third-order valence-corrected chi connectivity index (χ3v) is 4.72. The maximum absolute atomic E-state index is 11.6. The van der Waals surface area contributed by atoms with E-state index in [0.717, 1.165) is 39.9 Å². The van der Waals surface area contributed by atoms with Crippen LogP contribution in [0.15, 0.2) is 46.9 Å². The van der Waals surface area contributed by atoms with Crippen molar-refractivity contribution in [1.29, 1.82) is 0 Å². The van der Waals surface area contributed by atoms with Crippen LogP contribution in [0, 0.1) is 0 Å². The molecule has 1 aliphatic rings. The Labute approximate surface area is 150 Å². The molecule has 1 fully saturated rings. The van der Waals surface area contributed by atoms with Gasteiger partial charge in [0.2, 0.25) is 0 Å². The van der Waals surface area contributed by atoms with Crippen LogP contribution in [0.5, 0.6) is 5.75 Å². The minimum atomic E-state index is -0.193. The Morgan fingerprint density at radius 1 is 1.21 bits per heavy atom. The lowest BCUT2D eigenvalue weighted by Gasteiger charge is -2.28. The minimum Gasteiger partial charge on any atom is -0.489 e. The van der Waals surface area contributed by atoms with Gasteiger partial charge in [0.25, 0.3) is 0 Å². The second-order valence-electron chi connectivity index (χ2n) is 5.85. The Balaban J connectivity index is 1.81. The number of carbonyl (C=O) groups is 1. The van der Waals surface area contributed by atoms with Gasteiger partial charge in [-0.15, -0.1) is 0 Å². The van der Waals surface area contributed by atoms with Crippen LogP contribution in [0.1, 0.15) is 26.2 Å². The SMILES string of the molecule is CCNC(=O)Nc1ccc(-c2cccc(Br)c2OC2CCC2)cc1. The second kappa shape index (κ2) is 7.71. The fourth-order valence-corrected chi connectivity index (χ4v) is 3.04. The summed E-state index contributed by atoms with van der Waals surface area (Å²) in [5.74, 6) is 0.895. The van der Waals surface area contributed by atoms with E-state index in [1.165, 1.54) is 6.42 Å².